The highest BCUT2D eigenvalue weighted by Crippen LogP contribution is 2.30. The molecule has 4 rings (SSSR count). The summed E-state index contributed by atoms with van der Waals surface area (Å²) in [4.78, 5) is 23.8. The second kappa shape index (κ2) is 11.6. The molecule has 0 bridgehead atoms. The third kappa shape index (κ3) is 6.45. The minimum Gasteiger partial charge on any atom is -0.488 e. The van der Waals surface area contributed by atoms with Crippen molar-refractivity contribution in [1.82, 2.24) is 5.43 Å². The van der Waals surface area contributed by atoms with Crippen molar-refractivity contribution >= 4 is 23.2 Å². The fourth-order valence-electron chi connectivity index (χ4n) is 3.65. The molecule has 180 valence electrons. The van der Waals surface area contributed by atoms with Gasteiger partial charge in [0.2, 0.25) is 5.91 Å². The standard InChI is InChI=1S/C30H27N3O3/c1-21(26-11-8-12-27(19-26)31-22(2)34)32-33-30(35)25-17-15-23(16-18-25)20-36-29-14-7-6-13-28(29)24-9-4-3-5-10-24/h3-19H,20H2,1-2H3,(H,31,34)(H,33,35)/b32-21+. The van der Waals surface area contributed by atoms with Gasteiger partial charge in [-0.2, -0.15) is 5.10 Å². The Hall–Kier alpha value is -4.71. The Morgan fingerprint density at radius 3 is 2.25 bits per heavy atom. The first-order chi connectivity index (χ1) is 17.5. The molecule has 0 saturated heterocycles. The van der Waals surface area contributed by atoms with Gasteiger partial charge in [0, 0.05) is 23.7 Å². The maximum absolute atomic E-state index is 12.6. The van der Waals surface area contributed by atoms with E-state index in [1.54, 1.807) is 31.2 Å². The number of hydrogen-bond donors (Lipinski definition) is 2. The first-order valence-corrected chi connectivity index (χ1v) is 11.6. The number of nitrogens with zero attached hydrogens (tertiary/aromatic N) is 1. The molecule has 0 unspecified atom stereocenters. The molecular weight excluding hydrogens is 450 g/mol. The van der Waals surface area contributed by atoms with Crippen LogP contribution in [-0.2, 0) is 11.4 Å². The molecule has 4 aromatic rings. The summed E-state index contributed by atoms with van der Waals surface area (Å²) in [6, 6.07) is 32.6. The lowest BCUT2D eigenvalue weighted by Gasteiger charge is -2.12. The number of carbonyl (C=O) groups excluding carboxylic acids is 2. The summed E-state index contributed by atoms with van der Waals surface area (Å²) in [7, 11) is 0. The van der Waals surface area contributed by atoms with E-state index in [4.69, 9.17) is 4.74 Å². The van der Waals surface area contributed by atoms with Crippen molar-refractivity contribution in [2.45, 2.75) is 20.5 Å². The van der Waals surface area contributed by atoms with E-state index in [9.17, 15) is 9.59 Å². The highest BCUT2D eigenvalue weighted by atomic mass is 16.5. The quantitative estimate of drug-likeness (QED) is 0.240. The van der Waals surface area contributed by atoms with Crippen molar-refractivity contribution in [3.05, 3.63) is 120 Å². The Morgan fingerprint density at radius 1 is 0.778 bits per heavy atom. The van der Waals surface area contributed by atoms with E-state index in [1.165, 1.54) is 6.92 Å². The van der Waals surface area contributed by atoms with Crippen molar-refractivity contribution in [3.8, 4) is 16.9 Å². The normalized spacial score (nSPS) is 11.0. The molecule has 0 aliphatic rings. The molecule has 0 radical (unpaired) electrons. The van der Waals surface area contributed by atoms with E-state index >= 15 is 0 Å². The Kier molecular flexibility index (Phi) is 7.88. The van der Waals surface area contributed by atoms with Gasteiger partial charge in [-0.25, -0.2) is 5.43 Å². The summed E-state index contributed by atoms with van der Waals surface area (Å²) in [6.07, 6.45) is 0. The monoisotopic (exact) mass is 477 g/mol. The van der Waals surface area contributed by atoms with Crippen molar-refractivity contribution < 1.29 is 14.3 Å². The molecule has 0 fully saturated rings. The van der Waals surface area contributed by atoms with Crippen LogP contribution in [0.5, 0.6) is 5.75 Å². The summed E-state index contributed by atoms with van der Waals surface area (Å²) in [5.41, 5.74) is 8.25. The Bertz CT molecular complexity index is 1380. The molecule has 0 aromatic heterocycles. The molecule has 0 aliphatic heterocycles. The smallest absolute Gasteiger partial charge is 0.271 e. The number of hydrazone groups is 1. The van der Waals surface area contributed by atoms with Crippen LogP contribution in [0.25, 0.3) is 11.1 Å². The Balaban J connectivity index is 1.37. The van der Waals surface area contributed by atoms with Crippen molar-refractivity contribution in [3.63, 3.8) is 0 Å². The number of amides is 2. The molecule has 2 N–H and O–H groups in total. The third-order valence-corrected chi connectivity index (χ3v) is 5.51. The fourth-order valence-corrected chi connectivity index (χ4v) is 3.65. The molecule has 0 saturated carbocycles. The number of hydrogen-bond acceptors (Lipinski definition) is 4. The number of benzene rings is 4. The maximum atomic E-state index is 12.6. The number of ether oxygens (including phenoxy) is 1. The highest BCUT2D eigenvalue weighted by molar-refractivity contribution is 6.02. The van der Waals surface area contributed by atoms with Crippen LogP contribution in [0.1, 0.15) is 35.3 Å². The lowest BCUT2D eigenvalue weighted by Crippen LogP contribution is -2.19. The van der Waals surface area contributed by atoms with Gasteiger partial charge in [0.05, 0.1) is 5.71 Å². The van der Waals surface area contributed by atoms with E-state index in [2.05, 4.69) is 28.0 Å². The summed E-state index contributed by atoms with van der Waals surface area (Å²) >= 11 is 0. The Labute approximate surface area is 210 Å². The molecule has 6 heteroatoms. The molecule has 0 heterocycles. The first kappa shape index (κ1) is 24.4. The highest BCUT2D eigenvalue weighted by Gasteiger charge is 2.08. The van der Waals surface area contributed by atoms with Crippen molar-refractivity contribution in [2.24, 2.45) is 5.10 Å². The molecule has 6 nitrogen and oxygen atoms in total. The minimum atomic E-state index is -0.311. The maximum Gasteiger partial charge on any atom is 0.271 e. The van der Waals surface area contributed by atoms with Crippen molar-refractivity contribution in [2.75, 3.05) is 5.32 Å². The van der Waals surface area contributed by atoms with Gasteiger partial charge in [-0.15, -0.1) is 0 Å². The molecule has 4 aromatic carbocycles. The zero-order chi connectivity index (χ0) is 25.3. The van der Waals surface area contributed by atoms with E-state index in [0.717, 1.165) is 28.0 Å². The SMILES string of the molecule is CC(=O)Nc1cccc(/C(C)=N/NC(=O)c2ccc(COc3ccccc3-c3ccccc3)cc2)c1. The van der Waals surface area contributed by atoms with Gasteiger partial charge in [-0.1, -0.05) is 72.8 Å². The molecule has 0 spiro atoms. The number of carbonyl (C=O) groups is 2. The predicted molar refractivity (Wildman–Crippen MR) is 143 cm³/mol. The van der Waals surface area contributed by atoms with Gasteiger partial charge in [0.25, 0.3) is 5.91 Å². The molecule has 2 amide bonds. The lowest BCUT2D eigenvalue weighted by atomic mass is 10.0. The van der Waals surface area contributed by atoms with Gasteiger partial charge >= 0.3 is 0 Å². The van der Waals surface area contributed by atoms with Crippen LogP contribution in [0.15, 0.2) is 108 Å². The summed E-state index contributed by atoms with van der Waals surface area (Å²) in [6.45, 7) is 3.63. The predicted octanol–water partition coefficient (Wildman–Crippen LogP) is 6.05. The summed E-state index contributed by atoms with van der Waals surface area (Å²) < 4.78 is 6.09. The van der Waals surface area contributed by atoms with Crippen LogP contribution in [0.2, 0.25) is 0 Å². The van der Waals surface area contributed by atoms with Crippen LogP contribution in [0.3, 0.4) is 0 Å². The van der Waals surface area contributed by atoms with Gasteiger partial charge < -0.3 is 10.1 Å². The fraction of sp³-hybridized carbons (Fsp3) is 0.100. The van der Waals surface area contributed by atoms with Crippen LogP contribution in [0.4, 0.5) is 5.69 Å². The van der Waals surface area contributed by atoms with E-state index in [-0.39, 0.29) is 11.8 Å². The molecule has 0 atom stereocenters. The second-order valence-corrected chi connectivity index (χ2v) is 8.25. The van der Waals surface area contributed by atoms with Crippen molar-refractivity contribution in [1.29, 1.82) is 0 Å². The van der Waals surface area contributed by atoms with Gasteiger partial charge in [0.15, 0.2) is 0 Å². The molecule has 0 aliphatic carbocycles. The zero-order valence-electron chi connectivity index (χ0n) is 20.2. The topological polar surface area (TPSA) is 79.8 Å². The number of nitrogens with one attached hydrogen (secondary N) is 2. The number of rotatable bonds is 8. The van der Waals surface area contributed by atoms with E-state index < -0.39 is 0 Å². The minimum absolute atomic E-state index is 0.149. The van der Waals surface area contributed by atoms with Crippen LogP contribution >= 0.6 is 0 Å². The Morgan fingerprint density at radius 2 is 1.50 bits per heavy atom. The van der Waals surface area contributed by atoms with Crippen LogP contribution in [0, 0.1) is 0 Å². The number of anilines is 1. The average Bonchev–Trinajstić information content (AvgIpc) is 2.91. The lowest BCUT2D eigenvalue weighted by molar-refractivity contribution is -0.114. The molecular formula is C30H27N3O3. The van der Waals surface area contributed by atoms with E-state index in [0.29, 0.717) is 23.6 Å². The van der Waals surface area contributed by atoms with E-state index in [1.807, 2.05) is 66.7 Å². The summed E-state index contributed by atoms with van der Waals surface area (Å²) in [5, 5.41) is 6.94. The van der Waals surface area contributed by atoms with Gasteiger partial charge in [-0.05, 0) is 53.9 Å². The third-order valence-electron chi connectivity index (χ3n) is 5.51. The molecule has 36 heavy (non-hydrogen) atoms. The van der Waals surface area contributed by atoms with Crippen LogP contribution in [-0.4, -0.2) is 17.5 Å². The average molecular weight is 478 g/mol. The zero-order valence-corrected chi connectivity index (χ0v) is 20.2. The van der Waals surface area contributed by atoms with Gasteiger partial charge in [0.1, 0.15) is 12.4 Å². The van der Waals surface area contributed by atoms with Gasteiger partial charge in [-0.3, -0.25) is 9.59 Å². The number of para-hydroxylation sites is 1. The summed E-state index contributed by atoms with van der Waals surface area (Å²) in [5.74, 6) is 0.344. The van der Waals surface area contributed by atoms with Crippen LogP contribution < -0.4 is 15.5 Å². The second-order valence-electron chi connectivity index (χ2n) is 8.25. The first-order valence-electron chi connectivity index (χ1n) is 11.6. The largest absolute Gasteiger partial charge is 0.488 e.